The van der Waals surface area contributed by atoms with Gasteiger partial charge in [-0.15, -0.1) is 5.10 Å². The van der Waals surface area contributed by atoms with E-state index in [-0.39, 0.29) is 17.4 Å². The van der Waals surface area contributed by atoms with Crippen LogP contribution < -0.4 is 0 Å². The summed E-state index contributed by atoms with van der Waals surface area (Å²) in [7, 11) is 0. The molecule has 2 heterocycles. The van der Waals surface area contributed by atoms with Gasteiger partial charge in [-0.05, 0) is 48.9 Å². The fraction of sp³-hybridized carbons (Fsp3) is 0.562. The maximum atomic E-state index is 13.3. The lowest BCUT2D eigenvalue weighted by Gasteiger charge is -2.35. The van der Waals surface area contributed by atoms with Crippen molar-refractivity contribution in [2.24, 2.45) is 0 Å². The van der Waals surface area contributed by atoms with Crippen LogP contribution in [0.15, 0.2) is 24.3 Å². The molecule has 0 N–H and O–H groups in total. The molecule has 0 amide bonds. The Morgan fingerprint density at radius 2 is 1.78 bits per heavy atom. The van der Waals surface area contributed by atoms with Crippen molar-refractivity contribution >= 4 is 11.8 Å². The van der Waals surface area contributed by atoms with Gasteiger partial charge in [-0.3, -0.25) is 4.90 Å². The summed E-state index contributed by atoms with van der Waals surface area (Å²) < 4.78 is 15.2. The highest BCUT2D eigenvalue weighted by atomic mass is 32.2. The molecule has 1 aliphatic rings. The molecule has 1 unspecified atom stereocenters. The zero-order valence-corrected chi connectivity index (χ0v) is 14.6. The third kappa shape index (κ3) is 3.55. The van der Waals surface area contributed by atoms with E-state index in [4.69, 9.17) is 0 Å². The van der Waals surface area contributed by atoms with Gasteiger partial charge >= 0.3 is 0 Å². The lowest BCUT2D eigenvalue weighted by atomic mass is 10.0. The number of aromatic nitrogens is 4. The molecular weight excluding hydrogens is 313 g/mol. The fourth-order valence-corrected chi connectivity index (χ4v) is 3.78. The van der Waals surface area contributed by atoms with Gasteiger partial charge in [-0.2, -0.15) is 11.8 Å². The molecule has 3 rings (SSSR count). The molecule has 1 aliphatic heterocycles. The summed E-state index contributed by atoms with van der Waals surface area (Å²) in [5.41, 5.74) is 0.820. The first kappa shape index (κ1) is 16.4. The van der Waals surface area contributed by atoms with Gasteiger partial charge in [0.25, 0.3) is 0 Å². The standard InChI is InChI=1S/C16H22FN5S/c1-16(2,3)22-15(18-19-20-22)14(21-8-10-23-11-9-21)12-4-6-13(17)7-5-12/h4-7,14H,8-11H2,1-3H3. The molecule has 0 saturated carbocycles. The van der Waals surface area contributed by atoms with Gasteiger partial charge in [0.15, 0.2) is 5.82 Å². The summed E-state index contributed by atoms with van der Waals surface area (Å²) in [6.45, 7) is 8.20. The van der Waals surface area contributed by atoms with Crippen molar-refractivity contribution in [2.75, 3.05) is 24.6 Å². The molecule has 1 atom stereocenters. The van der Waals surface area contributed by atoms with E-state index in [0.29, 0.717) is 0 Å². The monoisotopic (exact) mass is 335 g/mol. The number of halogens is 1. The number of tetrazole rings is 1. The quantitative estimate of drug-likeness (QED) is 0.863. The minimum Gasteiger partial charge on any atom is -0.288 e. The van der Waals surface area contributed by atoms with Crippen LogP contribution in [-0.4, -0.2) is 49.7 Å². The molecule has 23 heavy (non-hydrogen) atoms. The summed E-state index contributed by atoms with van der Waals surface area (Å²) in [6.07, 6.45) is 0. The van der Waals surface area contributed by atoms with Gasteiger partial charge in [0.05, 0.1) is 11.6 Å². The number of thioether (sulfide) groups is 1. The smallest absolute Gasteiger partial charge is 0.173 e. The highest BCUT2D eigenvalue weighted by Gasteiger charge is 2.32. The number of nitrogens with zero attached hydrogens (tertiary/aromatic N) is 5. The summed E-state index contributed by atoms with van der Waals surface area (Å²) in [4.78, 5) is 2.39. The molecule has 7 heteroatoms. The lowest BCUT2D eigenvalue weighted by molar-refractivity contribution is 0.220. The van der Waals surface area contributed by atoms with E-state index in [1.807, 2.05) is 28.6 Å². The van der Waals surface area contributed by atoms with Crippen molar-refractivity contribution in [3.63, 3.8) is 0 Å². The molecule has 0 radical (unpaired) electrons. The van der Waals surface area contributed by atoms with Gasteiger partial charge < -0.3 is 0 Å². The van der Waals surface area contributed by atoms with Gasteiger partial charge in [0.1, 0.15) is 5.82 Å². The highest BCUT2D eigenvalue weighted by Crippen LogP contribution is 2.31. The normalized spacial score (nSPS) is 18.1. The Morgan fingerprint density at radius 1 is 1.13 bits per heavy atom. The van der Waals surface area contributed by atoms with Crippen LogP contribution in [-0.2, 0) is 5.54 Å². The van der Waals surface area contributed by atoms with Crippen LogP contribution in [0, 0.1) is 5.82 Å². The lowest BCUT2D eigenvalue weighted by Crippen LogP contribution is -2.39. The first-order valence-electron chi connectivity index (χ1n) is 7.83. The zero-order chi connectivity index (χ0) is 16.4. The molecule has 124 valence electrons. The van der Waals surface area contributed by atoms with Crippen molar-refractivity contribution < 1.29 is 4.39 Å². The number of hydrogen-bond donors (Lipinski definition) is 0. The molecule has 0 bridgehead atoms. The van der Waals surface area contributed by atoms with Crippen LogP contribution in [0.5, 0.6) is 0 Å². The maximum absolute atomic E-state index is 13.3. The fourth-order valence-electron chi connectivity index (χ4n) is 2.85. The second kappa shape index (κ2) is 6.57. The first-order valence-corrected chi connectivity index (χ1v) is 8.98. The van der Waals surface area contributed by atoms with Gasteiger partial charge in [0, 0.05) is 24.6 Å². The topological polar surface area (TPSA) is 46.8 Å². The number of benzene rings is 1. The SMILES string of the molecule is CC(C)(C)n1nnnc1C(c1ccc(F)cc1)N1CCSCC1. The van der Waals surface area contributed by atoms with E-state index in [1.54, 1.807) is 0 Å². The molecule has 5 nitrogen and oxygen atoms in total. The second-order valence-electron chi connectivity index (χ2n) is 6.72. The summed E-state index contributed by atoms with van der Waals surface area (Å²) >= 11 is 1.96. The zero-order valence-electron chi connectivity index (χ0n) is 13.7. The van der Waals surface area contributed by atoms with Crippen molar-refractivity contribution in [3.05, 3.63) is 41.5 Å². The van der Waals surface area contributed by atoms with Crippen LogP contribution >= 0.6 is 11.8 Å². The molecule has 0 aliphatic carbocycles. The van der Waals surface area contributed by atoms with E-state index in [0.717, 1.165) is 36.0 Å². The average Bonchev–Trinajstić information content (AvgIpc) is 3.00. The van der Waals surface area contributed by atoms with Gasteiger partial charge in [-0.1, -0.05) is 12.1 Å². The number of rotatable bonds is 3. The van der Waals surface area contributed by atoms with Crippen LogP contribution in [0.1, 0.15) is 38.2 Å². The largest absolute Gasteiger partial charge is 0.288 e. The van der Waals surface area contributed by atoms with Crippen molar-refractivity contribution in [2.45, 2.75) is 32.4 Å². The third-order valence-corrected chi connectivity index (χ3v) is 4.91. The number of hydrogen-bond acceptors (Lipinski definition) is 5. The molecule has 1 aromatic carbocycles. The van der Waals surface area contributed by atoms with E-state index < -0.39 is 0 Å². The van der Waals surface area contributed by atoms with Gasteiger partial charge in [-0.25, -0.2) is 9.07 Å². The first-order chi connectivity index (χ1) is 11.0. The van der Waals surface area contributed by atoms with E-state index >= 15 is 0 Å². The van der Waals surface area contributed by atoms with E-state index in [1.165, 1.54) is 12.1 Å². The molecule has 1 fully saturated rings. The van der Waals surface area contributed by atoms with Crippen LogP contribution in [0.3, 0.4) is 0 Å². The maximum Gasteiger partial charge on any atom is 0.173 e. The molecule has 2 aromatic rings. The highest BCUT2D eigenvalue weighted by molar-refractivity contribution is 7.99. The molecule has 1 aromatic heterocycles. The minimum absolute atomic E-state index is 0.0503. The van der Waals surface area contributed by atoms with E-state index in [9.17, 15) is 4.39 Å². The van der Waals surface area contributed by atoms with Crippen molar-refractivity contribution in [3.8, 4) is 0 Å². The summed E-state index contributed by atoms with van der Waals surface area (Å²) in [6, 6.07) is 6.64. The van der Waals surface area contributed by atoms with Crippen LogP contribution in [0.4, 0.5) is 4.39 Å². The molecule has 0 spiro atoms. The second-order valence-corrected chi connectivity index (χ2v) is 7.95. The predicted molar refractivity (Wildman–Crippen MR) is 90.0 cm³/mol. The van der Waals surface area contributed by atoms with Crippen molar-refractivity contribution in [1.82, 2.24) is 25.1 Å². The Hall–Kier alpha value is -1.47. The average molecular weight is 335 g/mol. The van der Waals surface area contributed by atoms with E-state index in [2.05, 4.69) is 41.2 Å². The Labute approximate surface area is 140 Å². The summed E-state index contributed by atoms with van der Waals surface area (Å²) in [5.74, 6) is 2.77. The Balaban J connectivity index is 2.05. The minimum atomic E-state index is -0.225. The molecular formula is C16H22FN5S. The van der Waals surface area contributed by atoms with Crippen LogP contribution in [0.2, 0.25) is 0 Å². The predicted octanol–water partition coefficient (Wildman–Crippen LogP) is 2.71. The Bertz CT molecular complexity index is 643. The Morgan fingerprint density at radius 3 is 2.39 bits per heavy atom. The third-order valence-electron chi connectivity index (χ3n) is 3.97. The van der Waals surface area contributed by atoms with Crippen molar-refractivity contribution in [1.29, 1.82) is 0 Å². The van der Waals surface area contributed by atoms with Gasteiger partial charge in [0.2, 0.25) is 0 Å². The molecule has 1 saturated heterocycles. The Kier molecular flexibility index (Phi) is 4.68. The van der Waals surface area contributed by atoms with Crippen LogP contribution in [0.25, 0.3) is 0 Å². The summed E-state index contributed by atoms with van der Waals surface area (Å²) in [5, 5.41) is 12.4.